The highest BCUT2D eigenvalue weighted by molar-refractivity contribution is 5.77. The minimum absolute atomic E-state index is 0.0193. The van der Waals surface area contributed by atoms with E-state index in [1.54, 1.807) is 27.7 Å². The number of hydrogen-bond acceptors (Lipinski definition) is 4. The van der Waals surface area contributed by atoms with Crippen LogP contribution in [0.5, 0.6) is 0 Å². The maximum Gasteiger partial charge on any atom is 0.416 e. The molecule has 1 saturated heterocycles. The van der Waals surface area contributed by atoms with Crippen LogP contribution < -0.4 is 0 Å². The molecule has 0 spiro atoms. The third-order valence-electron chi connectivity index (χ3n) is 4.23. The number of benzene rings is 1. The highest BCUT2D eigenvalue weighted by Crippen LogP contribution is 2.41. The predicted molar refractivity (Wildman–Crippen MR) is 92.1 cm³/mol. The monoisotopic (exact) mass is 387 g/mol. The molecule has 1 fully saturated rings. The van der Waals surface area contributed by atoms with Gasteiger partial charge in [0.15, 0.2) is 0 Å². The van der Waals surface area contributed by atoms with Crippen molar-refractivity contribution >= 4 is 12.1 Å². The summed E-state index contributed by atoms with van der Waals surface area (Å²) in [5, 5.41) is 0. The van der Waals surface area contributed by atoms with Crippen LogP contribution in [0.4, 0.5) is 18.0 Å². The molecule has 0 bridgehead atoms. The van der Waals surface area contributed by atoms with E-state index in [9.17, 15) is 22.8 Å². The Morgan fingerprint density at radius 2 is 1.78 bits per heavy atom. The summed E-state index contributed by atoms with van der Waals surface area (Å²) in [5.41, 5.74) is -1.58. The van der Waals surface area contributed by atoms with E-state index in [4.69, 9.17) is 9.47 Å². The van der Waals surface area contributed by atoms with Crippen molar-refractivity contribution in [3.8, 4) is 0 Å². The fourth-order valence-electron chi connectivity index (χ4n) is 3.16. The van der Waals surface area contributed by atoms with Crippen molar-refractivity contribution in [3.05, 3.63) is 35.4 Å². The first-order valence-corrected chi connectivity index (χ1v) is 8.74. The molecule has 0 unspecified atom stereocenters. The Kier molecular flexibility index (Phi) is 6.07. The molecule has 2 rings (SSSR count). The van der Waals surface area contributed by atoms with Gasteiger partial charge in [-0.25, -0.2) is 4.79 Å². The Morgan fingerprint density at radius 3 is 2.33 bits per heavy atom. The van der Waals surface area contributed by atoms with Crippen LogP contribution >= 0.6 is 0 Å². The second-order valence-electron chi connectivity index (χ2n) is 7.44. The van der Waals surface area contributed by atoms with Crippen molar-refractivity contribution < 1.29 is 32.2 Å². The molecule has 27 heavy (non-hydrogen) atoms. The predicted octanol–water partition coefficient (Wildman–Crippen LogP) is 4.22. The van der Waals surface area contributed by atoms with Gasteiger partial charge in [-0.05, 0) is 39.3 Å². The van der Waals surface area contributed by atoms with Crippen LogP contribution in [0.25, 0.3) is 0 Å². The number of rotatable bonds is 3. The van der Waals surface area contributed by atoms with Crippen LogP contribution in [0.2, 0.25) is 0 Å². The first-order chi connectivity index (χ1) is 12.4. The molecule has 5 nitrogen and oxygen atoms in total. The van der Waals surface area contributed by atoms with Crippen LogP contribution in [0.1, 0.15) is 44.7 Å². The number of hydrogen-bond donors (Lipinski definition) is 0. The van der Waals surface area contributed by atoms with Gasteiger partial charge in [0, 0.05) is 19.0 Å². The lowest BCUT2D eigenvalue weighted by molar-refractivity contribution is -0.148. The van der Waals surface area contributed by atoms with E-state index in [2.05, 4.69) is 0 Å². The zero-order chi connectivity index (χ0) is 20.4. The van der Waals surface area contributed by atoms with Gasteiger partial charge in [-0.1, -0.05) is 18.2 Å². The third kappa shape index (κ3) is 5.14. The lowest BCUT2D eigenvalue weighted by Gasteiger charge is -2.24. The van der Waals surface area contributed by atoms with Crippen LogP contribution in [0.3, 0.4) is 0 Å². The maximum absolute atomic E-state index is 13.4. The number of nitrogens with zero attached hydrogens (tertiary/aromatic N) is 1. The molecule has 1 aromatic carbocycles. The second-order valence-corrected chi connectivity index (χ2v) is 7.44. The van der Waals surface area contributed by atoms with Gasteiger partial charge in [0.25, 0.3) is 0 Å². The van der Waals surface area contributed by atoms with Crippen molar-refractivity contribution in [1.82, 2.24) is 4.90 Å². The number of carbonyl (C=O) groups excluding carboxylic acids is 2. The quantitative estimate of drug-likeness (QED) is 0.729. The first kappa shape index (κ1) is 21.1. The standard InChI is InChI=1S/C19H24F3NO4/c1-5-26-16(24)14-11-23(17(25)27-18(2,3)4)10-13(14)12-8-6-7-9-15(12)19(20,21)22/h6-9,13-14H,5,10-11H2,1-4H3/t13-,14+/m1/s1. The summed E-state index contributed by atoms with van der Waals surface area (Å²) < 4.78 is 50.6. The summed E-state index contributed by atoms with van der Waals surface area (Å²) in [6.07, 6.45) is -5.22. The van der Waals surface area contributed by atoms with Crippen LogP contribution in [0.15, 0.2) is 24.3 Å². The zero-order valence-electron chi connectivity index (χ0n) is 15.8. The number of esters is 1. The molecule has 1 heterocycles. The molecule has 0 radical (unpaired) electrons. The minimum Gasteiger partial charge on any atom is -0.466 e. The molecule has 8 heteroatoms. The van der Waals surface area contributed by atoms with E-state index in [-0.39, 0.29) is 25.3 Å². The Balaban J connectivity index is 2.38. The van der Waals surface area contributed by atoms with Gasteiger partial charge >= 0.3 is 18.2 Å². The van der Waals surface area contributed by atoms with E-state index in [1.807, 2.05) is 0 Å². The zero-order valence-corrected chi connectivity index (χ0v) is 15.8. The number of carbonyl (C=O) groups is 2. The summed E-state index contributed by atoms with van der Waals surface area (Å²) in [6.45, 7) is 6.71. The molecule has 0 aliphatic carbocycles. The molecule has 1 aliphatic heterocycles. The van der Waals surface area contributed by atoms with Gasteiger partial charge < -0.3 is 14.4 Å². The molecule has 2 atom stereocenters. The average Bonchev–Trinajstić information content (AvgIpc) is 2.98. The number of alkyl halides is 3. The molecule has 0 N–H and O–H groups in total. The smallest absolute Gasteiger partial charge is 0.416 e. The molecule has 0 aromatic heterocycles. The first-order valence-electron chi connectivity index (χ1n) is 8.74. The summed E-state index contributed by atoms with van der Waals surface area (Å²) in [4.78, 5) is 26.0. The number of amides is 1. The molecule has 150 valence electrons. The molecule has 0 saturated carbocycles. The number of ether oxygens (including phenoxy) is 2. The van der Waals surface area contributed by atoms with Crippen molar-refractivity contribution in [3.63, 3.8) is 0 Å². The van der Waals surface area contributed by atoms with Crippen molar-refractivity contribution in [2.75, 3.05) is 19.7 Å². The lowest BCUT2D eigenvalue weighted by Crippen LogP contribution is -2.36. The Bertz CT molecular complexity index is 697. The SMILES string of the molecule is CCOC(=O)[C@H]1CN(C(=O)OC(C)(C)C)C[C@@H]1c1ccccc1C(F)(F)F. The molecular weight excluding hydrogens is 363 g/mol. The van der Waals surface area contributed by atoms with Gasteiger partial charge in [0.2, 0.25) is 0 Å². The Morgan fingerprint density at radius 1 is 1.15 bits per heavy atom. The average molecular weight is 387 g/mol. The van der Waals surface area contributed by atoms with Gasteiger partial charge in [0.1, 0.15) is 5.60 Å². The van der Waals surface area contributed by atoms with Crippen LogP contribution in [-0.2, 0) is 20.4 Å². The lowest BCUT2D eigenvalue weighted by atomic mass is 9.86. The summed E-state index contributed by atoms with van der Waals surface area (Å²) in [7, 11) is 0. The number of likely N-dealkylation sites (tertiary alicyclic amines) is 1. The van der Waals surface area contributed by atoms with Crippen LogP contribution in [0, 0.1) is 5.92 Å². The second kappa shape index (κ2) is 7.78. The Labute approximate surface area is 156 Å². The highest BCUT2D eigenvalue weighted by Gasteiger charge is 2.45. The number of halogens is 3. The molecular formula is C19H24F3NO4. The van der Waals surface area contributed by atoms with Crippen molar-refractivity contribution in [2.45, 2.75) is 45.4 Å². The van der Waals surface area contributed by atoms with E-state index in [1.165, 1.54) is 23.1 Å². The summed E-state index contributed by atoms with van der Waals surface area (Å²) >= 11 is 0. The minimum atomic E-state index is -4.56. The fraction of sp³-hybridized carbons (Fsp3) is 0.579. The Hall–Kier alpha value is -2.25. The molecule has 1 aliphatic rings. The van der Waals surface area contributed by atoms with E-state index < -0.39 is 41.2 Å². The molecule has 1 amide bonds. The summed E-state index contributed by atoms with van der Waals surface area (Å²) in [6, 6.07) is 5.11. The van der Waals surface area contributed by atoms with Gasteiger partial charge in [-0.2, -0.15) is 13.2 Å². The van der Waals surface area contributed by atoms with Gasteiger partial charge in [-0.15, -0.1) is 0 Å². The molecule has 1 aromatic rings. The van der Waals surface area contributed by atoms with Gasteiger partial charge in [-0.3, -0.25) is 4.79 Å². The largest absolute Gasteiger partial charge is 0.466 e. The van der Waals surface area contributed by atoms with Crippen molar-refractivity contribution in [2.24, 2.45) is 5.92 Å². The van der Waals surface area contributed by atoms with E-state index in [0.29, 0.717) is 0 Å². The van der Waals surface area contributed by atoms with Crippen molar-refractivity contribution in [1.29, 1.82) is 0 Å². The maximum atomic E-state index is 13.4. The van der Waals surface area contributed by atoms with Gasteiger partial charge in [0.05, 0.1) is 18.1 Å². The third-order valence-corrected chi connectivity index (χ3v) is 4.23. The topological polar surface area (TPSA) is 55.8 Å². The highest BCUT2D eigenvalue weighted by atomic mass is 19.4. The normalized spacial score (nSPS) is 20.5. The van der Waals surface area contributed by atoms with E-state index >= 15 is 0 Å². The summed E-state index contributed by atoms with van der Waals surface area (Å²) in [5.74, 6) is -2.33. The fourth-order valence-corrected chi connectivity index (χ4v) is 3.16. The van der Waals surface area contributed by atoms with E-state index in [0.717, 1.165) is 6.07 Å². The van der Waals surface area contributed by atoms with Crippen LogP contribution in [-0.4, -0.2) is 42.3 Å².